The van der Waals surface area contributed by atoms with Gasteiger partial charge in [0.2, 0.25) is 0 Å². The van der Waals surface area contributed by atoms with E-state index in [9.17, 15) is 4.79 Å². The zero-order valence-electron chi connectivity index (χ0n) is 10.4. The van der Waals surface area contributed by atoms with E-state index in [1.54, 1.807) is 12.1 Å². The Labute approximate surface area is 116 Å². The smallest absolute Gasteiger partial charge is 0.289 e. The third-order valence-electron chi connectivity index (χ3n) is 3.42. The summed E-state index contributed by atoms with van der Waals surface area (Å²) in [6, 6.07) is 11.5. The molecule has 1 aromatic carbocycles. The lowest BCUT2D eigenvalue weighted by Gasteiger charge is -2.19. The minimum absolute atomic E-state index is 0.0939. The molecule has 0 fully saturated rings. The van der Waals surface area contributed by atoms with E-state index in [0.29, 0.717) is 12.3 Å². The number of benzene rings is 1. The van der Waals surface area contributed by atoms with Gasteiger partial charge in [-0.05, 0) is 47.7 Å². The fourth-order valence-corrected chi connectivity index (χ4v) is 2.61. The molecule has 0 saturated heterocycles. The van der Waals surface area contributed by atoms with E-state index in [0.717, 1.165) is 19.4 Å². The average Bonchev–Trinajstić information content (AvgIpc) is 2.74. The molecule has 1 amide bonds. The number of hydrogen-bond acceptors (Lipinski definition) is 2. The molecule has 2 heterocycles. The van der Waals surface area contributed by atoms with Gasteiger partial charge in [-0.2, -0.15) is 0 Å². The molecule has 0 aliphatic carbocycles. The molecule has 0 radical (unpaired) electrons. The summed E-state index contributed by atoms with van der Waals surface area (Å²) in [5, 5.41) is 0.249. The minimum Gasteiger partial charge on any atom is -0.440 e. The van der Waals surface area contributed by atoms with Crippen molar-refractivity contribution in [2.24, 2.45) is 0 Å². The molecule has 0 unspecified atom stereocenters. The van der Waals surface area contributed by atoms with E-state index in [4.69, 9.17) is 16.0 Å². The standard InChI is InChI=1S/C15H14ClNO2/c16-14-8-7-13(19-14)15(18)17-9-3-6-11-4-1-2-5-12(11)10-17/h1-2,4-5,7-8H,3,6,9-10H2. The number of nitrogens with zero attached hydrogens (tertiary/aromatic N) is 1. The first-order valence-electron chi connectivity index (χ1n) is 6.35. The molecule has 2 aromatic rings. The molecule has 19 heavy (non-hydrogen) atoms. The summed E-state index contributed by atoms with van der Waals surface area (Å²) in [6.07, 6.45) is 1.98. The molecule has 4 heteroatoms. The fourth-order valence-electron chi connectivity index (χ4n) is 2.46. The van der Waals surface area contributed by atoms with Crippen LogP contribution in [-0.2, 0) is 13.0 Å². The number of carbonyl (C=O) groups is 1. The Morgan fingerprint density at radius 1 is 1.16 bits per heavy atom. The van der Waals surface area contributed by atoms with Gasteiger partial charge in [-0.15, -0.1) is 0 Å². The molecule has 0 spiro atoms. The number of aryl methyl sites for hydroxylation is 1. The normalized spacial score (nSPS) is 14.9. The van der Waals surface area contributed by atoms with Gasteiger partial charge in [0.05, 0.1) is 0 Å². The van der Waals surface area contributed by atoms with Gasteiger partial charge in [0, 0.05) is 13.1 Å². The van der Waals surface area contributed by atoms with Gasteiger partial charge < -0.3 is 9.32 Å². The van der Waals surface area contributed by atoms with Crippen LogP contribution in [0.3, 0.4) is 0 Å². The maximum atomic E-state index is 12.3. The highest BCUT2D eigenvalue weighted by molar-refractivity contribution is 6.29. The van der Waals surface area contributed by atoms with Crippen LogP contribution in [0.4, 0.5) is 0 Å². The Balaban J connectivity index is 1.84. The second kappa shape index (κ2) is 5.10. The molecule has 0 saturated carbocycles. The van der Waals surface area contributed by atoms with Gasteiger partial charge in [0.25, 0.3) is 5.91 Å². The molecular weight excluding hydrogens is 262 g/mol. The van der Waals surface area contributed by atoms with Gasteiger partial charge in [-0.25, -0.2) is 0 Å². The number of fused-ring (bicyclic) bond motifs is 1. The second-order valence-corrected chi connectivity index (χ2v) is 5.08. The van der Waals surface area contributed by atoms with Crippen LogP contribution >= 0.6 is 11.6 Å². The van der Waals surface area contributed by atoms with E-state index in [2.05, 4.69) is 12.1 Å². The van der Waals surface area contributed by atoms with Crippen LogP contribution in [0.5, 0.6) is 0 Å². The third kappa shape index (κ3) is 2.51. The van der Waals surface area contributed by atoms with Crippen molar-refractivity contribution in [2.45, 2.75) is 19.4 Å². The number of hydrogen-bond donors (Lipinski definition) is 0. The highest BCUT2D eigenvalue weighted by Gasteiger charge is 2.22. The topological polar surface area (TPSA) is 33.5 Å². The molecule has 1 aromatic heterocycles. The maximum absolute atomic E-state index is 12.3. The van der Waals surface area contributed by atoms with Crippen molar-refractivity contribution in [2.75, 3.05) is 6.54 Å². The lowest BCUT2D eigenvalue weighted by atomic mass is 10.0. The van der Waals surface area contributed by atoms with Crippen LogP contribution in [-0.4, -0.2) is 17.4 Å². The Hall–Kier alpha value is -1.74. The predicted octanol–water partition coefficient (Wildman–Crippen LogP) is 3.52. The first-order chi connectivity index (χ1) is 9.24. The second-order valence-electron chi connectivity index (χ2n) is 4.70. The van der Waals surface area contributed by atoms with Crippen LogP contribution in [0, 0.1) is 0 Å². The molecule has 0 bridgehead atoms. The quantitative estimate of drug-likeness (QED) is 0.798. The van der Waals surface area contributed by atoms with Gasteiger partial charge >= 0.3 is 0 Å². The zero-order chi connectivity index (χ0) is 13.2. The highest BCUT2D eigenvalue weighted by atomic mass is 35.5. The third-order valence-corrected chi connectivity index (χ3v) is 3.63. The maximum Gasteiger partial charge on any atom is 0.289 e. The van der Waals surface area contributed by atoms with E-state index < -0.39 is 0 Å². The summed E-state index contributed by atoms with van der Waals surface area (Å²) in [6.45, 7) is 1.37. The van der Waals surface area contributed by atoms with Gasteiger partial charge in [-0.3, -0.25) is 4.79 Å². The van der Waals surface area contributed by atoms with Crippen LogP contribution in [0.25, 0.3) is 0 Å². The molecule has 1 aliphatic heterocycles. The van der Waals surface area contributed by atoms with Crippen LogP contribution in [0.2, 0.25) is 5.22 Å². The molecule has 3 nitrogen and oxygen atoms in total. The average molecular weight is 276 g/mol. The predicted molar refractivity (Wildman–Crippen MR) is 73.2 cm³/mol. The van der Waals surface area contributed by atoms with Crippen molar-refractivity contribution in [1.82, 2.24) is 4.90 Å². The van der Waals surface area contributed by atoms with Crippen molar-refractivity contribution in [3.05, 3.63) is 58.5 Å². The van der Waals surface area contributed by atoms with Crippen molar-refractivity contribution in [1.29, 1.82) is 0 Å². The van der Waals surface area contributed by atoms with E-state index in [1.165, 1.54) is 11.1 Å². The van der Waals surface area contributed by atoms with E-state index in [1.807, 2.05) is 17.0 Å². The summed E-state index contributed by atoms with van der Waals surface area (Å²) >= 11 is 5.72. The number of carbonyl (C=O) groups excluding carboxylic acids is 1. The van der Waals surface area contributed by atoms with Crippen molar-refractivity contribution < 1.29 is 9.21 Å². The fraction of sp³-hybridized carbons (Fsp3) is 0.267. The van der Waals surface area contributed by atoms with Crippen LogP contribution in [0.1, 0.15) is 28.1 Å². The molecule has 0 atom stereocenters. The van der Waals surface area contributed by atoms with Crippen LogP contribution < -0.4 is 0 Å². The SMILES string of the molecule is O=C(c1ccc(Cl)o1)N1CCCc2ccccc2C1. The first kappa shape index (κ1) is 12.3. The minimum atomic E-state index is -0.0939. The summed E-state index contributed by atoms with van der Waals surface area (Å²) < 4.78 is 5.20. The molecule has 1 aliphatic rings. The summed E-state index contributed by atoms with van der Waals surface area (Å²) in [5.74, 6) is 0.216. The number of rotatable bonds is 1. The monoisotopic (exact) mass is 275 g/mol. The number of furan rings is 1. The Kier molecular flexibility index (Phi) is 3.30. The number of amides is 1. The molecule has 3 rings (SSSR count). The van der Waals surface area contributed by atoms with Crippen molar-refractivity contribution >= 4 is 17.5 Å². The first-order valence-corrected chi connectivity index (χ1v) is 6.73. The summed E-state index contributed by atoms with van der Waals surface area (Å²) in [4.78, 5) is 14.2. The summed E-state index contributed by atoms with van der Waals surface area (Å²) in [7, 11) is 0. The van der Waals surface area contributed by atoms with Gasteiger partial charge in [0.1, 0.15) is 0 Å². The molecule has 0 N–H and O–H groups in total. The lowest BCUT2D eigenvalue weighted by Crippen LogP contribution is -2.30. The Bertz CT molecular complexity index is 606. The number of halogens is 1. The van der Waals surface area contributed by atoms with E-state index in [-0.39, 0.29) is 11.1 Å². The van der Waals surface area contributed by atoms with E-state index >= 15 is 0 Å². The molecular formula is C15H14ClNO2. The Morgan fingerprint density at radius 2 is 1.95 bits per heavy atom. The highest BCUT2D eigenvalue weighted by Crippen LogP contribution is 2.21. The lowest BCUT2D eigenvalue weighted by molar-refractivity contribution is 0.0714. The van der Waals surface area contributed by atoms with Crippen molar-refractivity contribution in [3.63, 3.8) is 0 Å². The largest absolute Gasteiger partial charge is 0.440 e. The summed E-state index contributed by atoms with van der Waals surface area (Å²) in [5.41, 5.74) is 2.54. The Morgan fingerprint density at radius 3 is 2.68 bits per heavy atom. The zero-order valence-corrected chi connectivity index (χ0v) is 11.2. The van der Waals surface area contributed by atoms with Crippen LogP contribution in [0.15, 0.2) is 40.8 Å². The molecule has 98 valence electrons. The van der Waals surface area contributed by atoms with Gasteiger partial charge in [-0.1, -0.05) is 24.3 Å². The van der Waals surface area contributed by atoms with Crippen molar-refractivity contribution in [3.8, 4) is 0 Å². The van der Waals surface area contributed by atoms with Gasteiger partial charge in [0.15, 0.2) is 11.0 Å².